The number of aldehydes is 1. The first-order chi connectivity index (χ1) is 15.8. The Morgan fingerprint density at radius 3 is 2.45 bits per heavy atom. The van der Waals surface area contributed by atoms with Gasteiger partial charge in [0.25, 0.3) is 0 Å². The zero-order valence-corrected chi connectivity index (χ0v) is 17.3. The molecule has 2 aromatic heterocycles. The fraction of sp³-hybridized carbons (Fsp3) is 0.364. The molecule has 5 rings (SSSR count). The van der Waals surface area contributed by atoms with Gasteiger partial charge in [-0.1, -0.05) is 0 Å². The third-order valence-electron chi connectivity index (χ3n) is 6.03. The Morgan fingerprint density at radius 1 is 1.03 bits per heavy atom. The van der Waals surface area contributed by atoms with Crippen molar-refractivity contribution in [2.75, 3.05) is 42.6 Å². The van der Waals surface area contributed by atoms with Crippen LogP contribution in [-0.4, -0.2) is 60.2 Å². The molecule has 0 spiro atoms. The molecule has 3 aromatic rings. The van der Waals surface area contributed by atoms with E-state index in [2.05, 4.69) is 29.5 Å². The highest BCUT2D eigenvalue weighted by molar-refractivity contribution is 5.80. The summed E-state index contributed by atoms with van der Waals surface area (Å²) < 4.78 is 55.2. The predicted molar refractivity (Wildman–Crippen MR) is 112 cm³/mol. The van der Waals surface area contributed by atoms with E-state index in [9.17, 15) is 22.4 Å². The predicted octanol–water partition coefficient (Wildman–Crippen LogP) is 3.49. The maximum atomic E-state index is 13.4. The summed E-state index contributed by atoms with van der Waals surface area (Å²) in [6.07, 6.45) is -1.01. The van der Waals surface area contributed by atoms with Crippen LogP contribution in [0.3, 0.4) is 0 Å². The summed E-state index contributed by atoms with van der Waals surface area (Å²) in [5.41, 5.74) is 1.33. The SMILES string of the molecule is O=Cc1cc(N2CC3CN(c4ncc5cc(F)ccc5n4)CC3C2)cnc1OCC(F)(F)F. The molecule has 0 N–H and O–H groups in total. The van der Waals surface area contributed by atoms with Crippen LogP contribution >= 0.6 is 0 Å². The molecule has 4 heterocycles. The second-order valence-corrected chi connectivity index (χ2v) is 8.31. The molecule has 7 nitrogen and oxygen atoms in total. The number of nitrogens with zero attached hydrogens (tertiary/aromatic N) is 5. The van der Waals surface area contributed by atoms with Gasteiger partial charge in [-0.25, -0.2) is 19.3 Å². The lowest BCUT2D eigenvalue weighted by molar-refractivity contribution is -0.154. The minimum absolute atomic E-state index is 0.0172. The summed E-state index contributed by atoms with van der Waals surface area (Å²) in [6, 6.07) is 5.91. The molecular formula is C22H19F4N5O2. The molecule has 2 atom stereocenters. The quantitative estimate of drug-likeness (QED) is 0.426. The Labute approximate surface area is 186 Å². The first-order valence-electron chi connectivity index (χ1n) is 10.4. The van der Waals surface area contributed by atoms with Crippen molar-refractivity contribution in [2.24, 2.45) is 11.8 Å². The minimum Gasteiger partial charge on any atom is -0.467 e. The second-order valence-electron chi connectivity index (χ2n) is 8.31. The van der Waals surface area contributed by atoms with Crippen molar-refractivity contribution in [1.29, 1.82) is 0 Å². The Bertz CT molecular complexity index is 1190. The van der Waals surface area contributed by atoms with Crippen molar-refractivity contribution < 1.29 is 27.1 Å². The van der Waals surface area contributed by atoms with E-state index in [0.717, 1.165) is 13.1 Å². The van der Waals surface area contributed by atoms with Gasteiger partial charge in [0, 0.05) is 49.6 Å². The standard InChI is InChI=1S/C22H19F4N5O2/c23-17-1-2-19-13(3-17)5-28-21(29-19)31-9-15-7-30(8-16(15)10-31)18-4-14(11-32)20(27-6-18)33-12-22(24,25)26/h1-6,11,15-16H,7-10,12H2. The van der Waals surface area contributed by atoms with Gasteiger partial charge in [0.05, 0.1) is 23.0 Å². The van der Waals surface area contributed by atoms with E-state index in [0.29, 0.717) is 53.8 Å². The van der Waals surface area contributed by atoms with Crippen LogP contribution < -0.4 is 14.5 Å². The fourth-order valence-corrected chi connectivity index (χ4v) is 4.50. The number of ether oxygens (including phenoxy) is 1. The summed E-state index contributed by atoms with van der Waals surface area (Å²) in [7, 11) is 0. The Balaban J connectivity index is 1.26. The smallest absolute Gasteiger partial charge is 0.422 e. The van der Waals surface area contributed by atoms with Crippen molar-refractivity contribution in [2.45, 2.75) is 6.18 Å². The van der Waals surface area contributed by atoms with E-state index in [1.54, 1.807) is 12.3 Å². The monoisotopic (exact) mass is 461 g/mol. The van der Waals surface area contributed by atoms with Crippen LogP contribution in [0.4, 0.5) is 29.2 Å². The molecule has 33 heavy (non-hydrogen) atoms. The van der Waals surface area contributed by atoms with Crippen LogP contribution in [0.2, 0.25) is 0 Å². The van der Waals surface area contributed by atoms with Gasteiger partial charge >= 0.3 is 6.18 Å². The molecule has 1 aromatic carbocycles. The maximum absolute atomic E-state index is 13.4. The fourth-order valence-electron chi connectivity index (χ4n) is 4.50. The van der Waals surface area contributed by atoms with Gasteiger partial charge in [0.2, 0.25) is 11.8 Å². The number of hydrogen-bond acceptors (Lipinski definition) is 7. The van der Waals surface area contributed by atoms with Gasteiger partial charge in [-0.2, -0.15) is 13.2 Å². The molecule has 0 amide bonds. The molecule has 0 aliphatic carbocycles. The van der Waals surface area contributed by atoms with E-state index in [1.807, 2.05) is 0 Å². The van der Waals surface area contributed by atoms with E-state index >= 15 is 0 Å². The van der Waals surface area contributed by atoms with Crippen LogP contribution in [0, 0.1) is 17.7 Å². The molecule has 172 valence electrons. The van der Waals surface area contributed by atoms with Crippen molar-refractivity contribution in [3.63, 3.8) is 0 Å². The van der Waals surface area contributed by atoms with Gasteiger partial charge in [0.1, 0.15) is 5.82 Å². The Kier molecular flexibility index (Phi) is 5.26. The van der Waals surface area contributed by atoms with E-state index in [1.165, 1.54) is 24.4 Å². The van der Waals surface area contributed by atoms with Crippen LogP contribution in [0.25, 0.3) is 10.9 Å². The highest BCUT2D eigenvalue weighted by Gasteiger charge is 2.41. The number of alkyl halides is 3. The Morgan fingerprint density at radius 2 is 1.76 bits per heavy atom. The molecule has 2 aliphatic rings. The summed E-state index contributed by atoms with van der Waals surface area (Å²) in [5.74, 6) is 0.606. The van der Waals surface area contributed by atoms with Crippen LogP contribution in [0.5, 0.6) is 5.88 Å². The number of pyridine rings is 1. The summed E-state index contributed by atoms with van der Waals surface area (Å²) in [6.45, 7) is 1.41. The van der Waals surface area contributed by atoms with Gasteiger partial charge < -0.3 is 14.5 Å². The van der Waals surface area contributed by atoms with Gasteiger partial charge in [-0.15, -0.1) is 0 Å². The average Bonchev–Trinajstić information content (AvgIpc) is 3.36. The van der Waals surface area contributed by atoms with Crippen molar-refractivity contribution in [3.05, 3.63) is 48.0 Å². The third-order valence-corrected chi connectivity index (χ3v) is 6.03. The van der Waals surface area contributed by atoms with Crippen molar-refractivity contribution >= 4 is 28.8 Å². The van der Waals surface area contributed by atoms with Crippen molar-refractivity contribution in [1.82, 2.24) is 15.0 Å². The first-order valence-corrected chi connectivity index (χ1v) is 10.4. The molecule has 2 saturated heterocycles. The lowest BCUT2D eigenvalue weighted by Gasteiger charge is -2.23. The number of halogens is 4. The molecule has 0 bridgehead atoms. The zero-order chi connectivity index (χ0) is 23.2. The van der Waals surface area contributed by atoms with Gasteiger partial charge in [-0.3, -0.25) is 4.79 Å². The maximum Gasteiger partial charge on any atom is 0.422 e. The first kappa shape index (κ1) is 21.4. The lowest BCUT2D eigenvalue weighted by atomic mass is 10.0. The van der Waals surface area contributed by atoms with E-state index < -0.39 is 12.8 Å². The molecule has 0 radical (unpaired) electrons. The highest BCUT2D eigenvalue weighted by atomic mass is 19.4. The summed E-state index contributed by atoms with van der Waals surface area (Å²) >= 11 is 0. The molecule has 0 saturated carbocycles. The van der Waals surface area contributed by atoms with Gasteiger partial charge in [0.15, 0.2) is 12.9 Å². The number of benzene rings is 1. The molecule has 2 aliphatic heterocycles. The van der Waals surface area contributed by atoms with Crippen LogP contribution in [-0.2, 0) is 0 Å². The van der Waals surface area contributed by atoms with E-state index in [-0.39, 0.29) is 17.3 Å². The molecule has 2 unspecified atom stereocenters. The largest absolute Gasteiger partial charge is 0.467 e. The number of carbonyl (C=O) groups excluding carboxylic acids is 1. The normalized spacial score (nSPS) is 20.4. The second kappa shape index (κ2) is 8.13. The van der Waals surface area contributed by atoms with Crippen LogP contribution in [0.15, 0.2) is 36.7 Å². The zero-order valence-electron chi connectivity index (χ0n) is 17.3. The average molecular weight is 461 g/mol. The Hall–Kier alpha value is -3.50. The van der Waals surface area contributed by atoms with Crippen LogP contribution in [0.1, 0.15) is 10.4 Å². The number of carbonyl (C=O) groups is 1. The van der Waals surface area contributed by atoms with Crippen molar-refractivity contribution in [3.8, 4) is 5.88 Å². The number of anilines is 2. The molecular weight excluding hydrogens is 442 g/mol. The summed E-state index contributed by atoms with van der Waals surface area (Å²) in [4.78, 5) is 28.4. The lowest BCUT2D eigenvalue weighted by Crippen LogP contribution is -2.30. The number of fused-ring (bicyclic) bond motifs is 2. The number of rotatable bonds is 5. The third kappa shape index (κ3) is 4.39. The number of hydrogen-bond donors (Lipinski definition) is 0. The summed E-state index contributed by atoms with van der Waals surface area (Å²) in [5, 5.41) is 0.644. The van der Waals surface area contributed by atoms with E-state index in [4.69, 9.17) is 0 Å². The molecule has 11 heteroatoms. The minimum atomic E-state index is -4.51. The molecule has 2 fully saturated rings. The topological polar surface area (TPSA) is 71.5 Å². The van der Waals surface area contributed by atoms with Gasteiger partial charge in [-0.05, 0) is 24.3 Å². The number of aromatic nitrogens is 3. The highest BCUT2D eigenvalue weighted by Crippen LogP contribution is 2.36.